The van der Waals surface area contributed by atoms with E-state index in [1.54, 1.807) is 13.8 Å². The molecule has 1 heterocycles. The Hall–Kier alpha value is -2.17. The summed E-state index contributed by atoms with van der Waals surface area (Å²) in [5.41, 5.74) is 0.396. The van der Waals surface area contributed by atoms with Gasteiger partial charge in [-0.1, -0.05) is 30.3 Å². The van der Waals surface area contributed by atoms with Gasteiger partial charge in [0.1, 0.15) is 0 Å². The number of ether oxygens (including phenoxy) is 2. The van der Waals surface area contributed by atoms with Crippen LogP contribution in [-0.4, -0.2) is 36.9 Å². The molecule has 0 aromatic heterocycles. The summed E-state index contributed by atoms with van der Waals surface area (Å²) in [6.45, 7) is 3.63. The monoisotopic (exact) mass is 289 g/mol. The van der Waals surface area contributed by atoms with Crippen molar-refractivity contribution in [3.8, 4) is 0 Å². The zero-order valence-electron chi connectivity index (χ0n) is 12.5. The molecule has 5 nitrogen and oxygen atoms in total. The number of hydrogen-bond acceptors (Lipinski definition) is 5. The summed E-state index contributed by atoms with van der Waals surface area (Å²) in [5, 5.41) is 0. The Morgan fingerprint density at radius 1 is 1.33 bits per heavy atom. The Bertz CT molecular complexity index is 567. The summed E-state index contributed by atoms with van der Waals surface area (Å²) >= 11 is 0. The molecule has 1 aromatic rings. The molecule has 2 rings (SSSR count). The molecule has 0 saturated carbocycles. The molecule has 0 fully saturated rings. The van der Waals surface area contributed by atoms with Crippen LogP contribution in [0.5, 0.6) is 0 Å². The van der Waals surface area contributed by atoms with Crippen molar-refractivity contribution in [1.29, 1.82) is 0 Å². The highest BCUT2D eigenvalue weighted by molar-refractivity contribution is 6.08. The van der Waals surface area contributed by atoms with E-state index < -0.39 is 23.4 Å². The van der Waals surface area contributed by atoms with E-state index in [1.807, 2.05) is 30.3 Å². The number of rotatable bonds is 4. The molecule has 1 aliphatic heterocycles. The third-order valence-electron chi connectivity index (χ3n) is 3.72. The van der Waals surface area contributed by atoms with Crippen LogP contribution in [0.3, 0.4) is 0 Å². The van der Waals surface area contributed by atoms with E-state index in [-0.39, 0.29) is 6.61 Å². The molecule has 0 bridgehead atoms. The number of carbonyl (C=O) groups is 2. The van der Waals surface area contributed by atoms with Crippen molar-refractivity contribution in [1.82, 2.24) is 0 Å². The van der Waals surface area contributed by atoms with Gasteiger partial charge in [0.25, 0.3) is 0 Å². The average molecular weight is 289 g/mol. The molecule has 2 atom stereocenters. The summed E-state index contributed by atoms with van der Waals surface area (Å²) in [6, 6.07) is 9.51. The first kappa shape index (κ1) is 15.2. The zero-order valence-corrected chi connectivity index (χ0v) is 12.5. The van der Waals surface area contributed by atoms with Crippen LogP contribution in [0.2, 0.25) is 0 Å². The largest absolute Gasteiger partial charge is 0.467 e. The molecule has 0 saturated heterocycles. The second-order valence-electron chi connectivity index (χ2n) is 5.07. The van der Waals surface area contributed by atoms with Crippen molar-refractivity contribution in [2.24, 2.45) is 10.9 Å². The third-order valence-corrected chi connectivity index (χ3v) is 3.72. The lowest BCUT2D eigenvalue weighted by atomic mass is 9.85. The lowest BCUT2D eigenvalue weighted by molar-refractivity contribution is -0.158. The SMILES string of the molecule is CCOC(=O)[C@@H]1CC(c2ccccc2)=N[C@@]1(C)C(=O)OC. The highest BCUT2D eigenvalue weighted by Crippen LogP contribution is 2.36. The quantitative estimate of drug-likeness (QED) is 0.795. The molecule has 0 spiro atoms. The molecule has 0 aliphatic carbocycles. The number of benzene rings is 1. The van der Waals surface area contributed by atoms with Crippen molar-refractivity contribution in [3.63, 3.8) is 0 Å². The number of esters is 2. The van der Waals surface area contributed by atoms with Crippen LogP contribution >= 0.6 is 0 Å². The molecule has 0 radical (unpaired) electrons. The van der Waals surface area contributed by atoms with Crippen molar-refractivity contribution in [2.45, 2.75) is 25.8 Å². The lowest BCUT2D eigenvalue weighted by Gasteiger charge is -2.24. The number of methoxy groups -OCH3 is 1. The van der Waals surface area contributed by atoms with Gasteiger partial charge in [0.2, 0.25) is 0 Å². The smallest absolute Gasteiger partial charge is 0.334 e. The van der Waals surface area contributed by atoms with Crippen LogP contribution in [0.15, 0.2) is 35.3 Å². The minimum absolute atomic E-state index is 0.271. The highest BCUT2D eigenvalue weighted by Gasteiger charge is 2.51. The number of nitrogens with zero attached hydrogens (tertiary/aromatic N) is 1. The van der Waals surface area contributed by atoms with Gasteiger partial charge in [-0.05, 0) is 19.4 Å². The van der Waals surface area contributed by atoms with Crippen LogP contribution in [0.1, 0.15) is 25.8 Å². The first-order chi connectivity index (χ1) is 10.0. The van der Waals surface area contributed by atoms with Gasteiger partial charge in [-0.15, -0.1) is 0 Å². The van der Waals surface area contributed by atoms with Crippen molar-refractivity contribution >= 4 is 17.7 Å². The van der Waals surface area contributed by atoms with Crippen LogP contribution in [-0.2, 0) is 19.1 Å². The zero-order chi connectivity index (χ0) is 15.5. The van der Waals surface area contributed by atoms with Crippen LogP contribution in [0.25, 0.3) is 0 Å². The third kappa shape index (κ3) is 2.82. The number of aliphatic imine (C=N–C) groups is 1. The van der Waals surface area contributed by atoms with Gasteiger partial charge in [-0.2, -0.15) is 0 Å². The standard InChI is InChI=1S/C16H19NO4/c1-4-21-14(18)12-10-13(11-8-6-5-7-9-11)17-16(12,2)15(19)20-3/h5-9,12H,4,10H2,1-3H3/t12-,16+/m0/s1. The molecule has 0 amide bonds. The van der Waals surface area contributed by atoms with Crippen molar-refractivity contribution in [2.75, 3.05) is 13.7 Å². The van der Waals surface area contributed by atoms with E-state index in [0.717, 1.165) is 11.3 Å². The fraction of sp³-hybridized carbons (Fsp3) is 0.438. The summed E-state index contributed by atoms with van der Waals surface area (Å²) in [6.07, 6.45) is 0.369. The van der Waals surface area contributed by atoms with E-state index in [0.29, 0.717) is 6.42 Å². The van der Waals surface area contributed by atoms with Gasteiger partial charge < -0.3 is 9.47 Å². The Labute approximate surface area is 124 Å². The normalized spacial score (nSPS) is 24.3. The van der Waals surface area contributed by atoms with Gasteiger partial charge in [-0.25, -0.2) is 4.79 Å². The molecular weight excluding hydrogens is 270 g/mol. The molecule has 0 N–H and O–H groups in total. The Balaban J connectivity index is 2.38. The van der Waals surface area contributed by atoms with E-state index >= 15 is 0 Å². The van der Waals surface area contributed by atoms with Gasteiger partial charge in [0.05, 0.1) is 19.6 Å². The first-order valence-corrected chi connectivity index (χ1v) is 6.92. The molecule has 112 valence electrons. The molecule has 21 heavy (non-hydrogen) atoms. The Morgan fingerprint density at radius 2 is 2.00 bits per heavy atom. The number of hydrogen-bond donors (Lipinski definition) is 0. The molecule has 1 aromatic carbocycles. The molecule has 1 aliphatic rings. The van der Waals surface area contributed by atoms with Gasteiger partial charge in [-0.3, -0.25) is 9.79 Å². The molecule has 5 heteroatoms. The minimum atomic E-state index is -1.23. The molecule has 0 unspecified atom stereocenters. The summed E-state index contributed by atoms with van der Waals surface area (Å²) in [5.74, 6) is -1.59. The van der Waals surface area contributed by atoms with E-state index in [2.05, 4.69) is 4.99 Å². The molecular formula is C16H19NO4. The number of carbonyl (C=O) groups excluding carboxylic acids is 2. The Morgan fingerprint density at radius 3 is 2.57 bits per heavy atom. The second kappa shape index (κ2) is 6.08. The summed E-state index contributed by atoms with van der Waals surface area (Å²) in [4.78, 5) is 28.7. The maximum atomic E-state index is 12.2. The van der Waals surface area contributed by atoms with Gasteiger partial charge in [0.15, 0.2) is 5.54 Å². The van der Waals surface area contributed by atoms with Crippen LogP contribution in [0.4, 0.5) is 0 Å². The maximum Gasteiger partial charge on any atom is 0.334 e. The average Bonchev–Trinajstić information content (AvgIpc) is 2.87. The predicted octanol–water partition coefficient (Wildman–Crippen LogP) is 1.99. The van der Waals surface area contributed by atoms with Crippen LogP contribution < -0.4 is 0 Å². The van der Waals surface area contributed by atoms with Gasteiger partial charge >= 0.3 is 11.9 Å². The fourth-order valence-corrected chi connectivity index (χ4v) is 2.56. The van der Waals surface area contributed by atoms with E-state index in [4.69, 9.17) is 9.47 Å². The first-order valence-electron chi connectivity index (χ1n) is 6.92. The van der Waals surface area contributed by atoms with Crippen molar-refractivity contribution in [3.05, 3.63) is 35.9 Å². The van der Waals surface area contributed by atoms with Gasteiger partial charge in [0, 0.05) is 12.1 Å². The topological polar surface area (TPSA) is 65.0 Å². The summed E-state index contributed by atoms with van der Waals surface area (Å²) in [7, 11) is 1.30. The Kier molecular flexibility index (Phi) is 4.40. The highest BCUT2D eigenvalue weighted by atomic mass is 16.5. The fourth-order valence-electron chi connectivity index (χ4n) is 2.56. The maximum absolute atomic E-state index is 12.2. The van der Waals surface area contributed by atoms with E-state index in [1.165, 1.54) is 7.11 Å². The summed E-state index contributed by atoms with van der Waals surface area (Å²) < 4.78 is 9.91. The second-order valence-corrected chi connectivity index (χ2v) is 5.07. The van der Waals surface area contributed by atoms with Crippen molar-refractivity contribution < 1.29 is 19.1 Å². The predicted molar refractivity (Wildman–Crippen MR) is 78.1 cm³/mol. The minimum Gasteiger partial charge on any atom is -0.467 e. The lowest BCUT2D eigenvalue weighted by Crippen LogP contribution is -2.43. The van der Waals surface area contributed by atoms with Crippen LogP contribution in [0, 0.1) is 5.92 Å². The van der Waals surface area contributed by atoms with E-state index in [9.17, 15) is 9.59 Å².